The molecule has 2 saturated heterocycles. The van der Waals surface area contributed by atoms with E-state index in [0.29, 0.717) is 5.41 Å². The third-order valence-corrected chi connectivity index (χ3v) is 5.42. The molecule has 3 aliphatic rings. The maximum atomic E-state index is 2.84. The van der Waals surface area contributed by atoms with Crippen molar-refractivity contribution in [2.75, 3.05) is 6.54 Å². The fraction of sp³-hybridized carbons (Fsp3) is 0.882. The van der Waals surface area contributed by atoms with E-state index in [1.54, 1.807) is 5.57 Å². The van der Waals surface area contributed by atoms with E-state index < -0.39 is 0 Å². The second-order valence-corrected chi connectivity index (χ2v) is 7.80. The number of hydrogen-bond donors (Lipinski definition) is 0. The Morgan fingerprint density at radius 1 is 1.17 bits per heavy atom. The Balaban J connectivity index is 1.70. The highest BCUT2D eigenvalue weighted by Gasteiger charge is 2.50. The van der Waals surface area contributed by atoms with Crippen LogP contribution in [0.1, 0.15) is 59.8 Å². The van der Waals surface area contributed by atoms with E-state index in [1.165, 1.54) is 38.6 Å². The van der Waals surface area contributed by atoms with Gasteiger partial charge in [-0.2, -0.15) is 0 Å². The van der Waals surface area contributed by atoms with Crippen molar-refractivity contribution < 1.29 is 0 Å². The summed E-state index contributed by atoms with van der Waals surface area (Å²) in [7, 11) is 0. The van der Waals surface area contributed by atoms with Crippen molar-refractivity contribution in [3.63, 3.8) is 0 Å². The van der Waals surface area contributed by atoms with E-state index in [4.69, 9.17) is 0 Å². The molecule has 1 nitrogen and oxygen atoms in total. The molecule has 18 heavy (non-hydrogen) atoms. The van der Waals surface area contributed by atoms with Crippen LogP contribution in [0.3, 0.4) is 0 Å². The Labute approximate surface area is 113 Å². The molecule has 1 heteroatoms. The van der Waals surface area contributed by atoms with Gasteiger partial charge in [0.15, 0.2) is 0 Å². The summed E-state index contributed by atoms with van der Waals surface area (Å²) in [5, 5.41) is 0. The third-order valence-electron chi connectivity index (χ3n) is 5.42. The fourth-order valence-electron chi connectivity index (χ4n) is 4.60. The van der Waals surface area contributed by atoms with Crippen molar-refractivity contribution in [1.29, 1.82) is 0 Å². The van der Waals surface area contributed by atoms with Crippen LogP contribution in [0.15, 0.2) is 11.6 Å². The summed E-state index contributed by atoms with van der Waals surface area (Å²) in [6.07, 6.45) is 9.90. The van der Waals surface area contributed by atoms with E-state index in [0.717, 1.165) is 23.9 Å². The van der Waals surface area contributed by atoms with Crippen molar-refractivity contribution in [3.05, 3.63) is 11.6 Å². The maximum absolute atomic E-state index is 2.84. The first kappa shape index (κ1) is 12.7. The van der Waals surface area contributed by atoms with Crippen LogP contribution < -0.4 is 0 Å². The highest BCUT2D eigenvalue weighted by Crippen LogP contribution is 2.55. The lowest BCUT2D eigenvalue weighted by atomic mass is 9.61. The summed E-state index contributed by atoms with van der Waals surface area (Å²) in [6.45, 7) is 10.8. The van der Waals surface area contributed by atoms with Crippen LogP contribution in [0, 0.1) is 17.3 Å². The van der Waals surface area contributed by atoms with Gasteiger partial charge in [-0.3, -0.25) is 4.90 Å². The van der Waals surface area contributed by atoms with Crippen molar-refractivity contribution in [3.8, 4) is 0 Å². The summed E-state index contributed by atoms with van der Waals surface area (Å²) in [5.74, 6) is 1.60. The van der Waals surface area contributed by atoms with Crippen LogP contribution >= 0.6 is 0 Å². The number of nitrogens with zero attached hydrogens (tertiary/aromatic N) is 1. The van der Waals surface area contributed by atoms with Gasteiger partial charge in [-0.1, -0.05) is 39.3 Å². The van der Waals surface area contributed by atoms with Gasteiger partial charge >= 0.3 is 0 Å². The van der Waals surface area contributed by atoms with Crippen LogP contribution in [0.5, 0.6) is 0 Å². The molecular formula is C17H29N. The molecule has 2 atom stereocenters. The zero-order valence-corrected chi connectivity index (χ0v) is 12.6. The first-order valence-electron chi connectivity index (χ1n) is 7.96. The lowest BCUT2D eigenvalue weighted by Gasteiger charge is -2.51. The van der Waals surface area contributed by atoms with Gasteiger partial charge in [0.25, 0.3) is 0 Å². The molecule has 0 amide bonds. The monoisotopic (exact) mass is 247 g/mol. The third kappa shape index (κ3) is 2.05. The quantitative estimate of drug-likeness (QED) is 0.674. The number of allylic oxidation sites excluding steroid dienone is 2. The molecule has 2 heterocycles. The second kappa shape index (κ2) is 4.37. The maximum Gasteiger partial charge on any atom is 0.0107 e. The largest absolute Gasteiger partial charge is 0.297 e. The average molecular weight is 247 g/mol. The zero-order valence-electron chi connectivity index (χ0n) is 12.6. The number of hydrogen-bond acceptors (Lipinski definition) is 1. The standard InChI is InChI=1S/C17H29N/c1-12(2)11-18-15-5-6-16(18)10-17(9-15)7-14(8-17)13(3)4/h7,12-13,15-16H,5-6,8-11H2,1-4H3. The van der Waals surface area contributed by atoms with Crippen LogP contribution in [0.25, 0.3) is 0 Å². The summed E-state index contributed by atoms with van der Waals surface area (Å²) >= 11 is 0. The Bertz CT molecular complexity index is 339. The fourth-order valence-corrected chi connectivity index (χ4v) is 4.60. The summed E-state index contributed by atoms with van der Waals surface area (Å²) in [4.78, 5) is 2.84. The summed E-state index contributed by atoms with van der Waals surface area (Å²) in [6, 6.07) is 1.80. The Kier molecular flexibility index (Phi) is 3.09. The molecule has 0 aromatic rings. The van der Waals surface area contributed by atoms with Crippen LogP contribution in [0.2, 0.25) is 0 Å². The van der Waals surface area contributed by atoms with Crippen molar-refractivity contribution in [2.24, 2.45) is 17.3 Å². The Hall–Kier alpha value is -0.300. The second-order valence-electron chi connectivity index (χ2n) is 7.80. The van der Waals surface area contributed by atoms with Crippen LogP contribution in [-0.4, -0.2) is 23.5 Å². The summed E-state index contributed by atoms with van der Waals surface area (Å²) < 4.78 is 0. The van der Waals surface area contributed by atoms with Gasteiger partial charge in [0.1, 0.15) is 0 Å². The lowest BCUT2D eigenvalue weighted by Crippen LogP contribution is -2.50. The van der Waals surface area contributed by atoms with Gasteiger partial charge in [-0.15, -0.1) is 0 Å². The molecule has 2 fully saturated rings. The highest BCUT2D eigenvalue weighted by atomic mass is 15.2. The molecule has 1 spiro atoms. The highest BCUT2D eigenvalue weighted by molar-refractivity contribution is 5.28. The van der Waals surface area contributed by atoms with Gasteiger partial charge in [0, 0.05) is 18.6 Å². The Morgan fingerprint density at radius 3 is 2.17 bits per heavy atom. The minimum atomic E-state index is 0.624. The smallest absolute Gasteiger partial charge is 0.0107 e. The molecule has 3 rings (SSSR count). The molecule has 102 valence electrons. The first-order valence-corrected chi connectivity index (χ1v) is 7.96. The van der Waals surface area contributed by atoms with Crippen LogP contribution in [0.4, 0.5) is 0 Å². The Morgan fingerprint density at radius 2 is 1.72 bits per heavy atom. The SMILES string of the molecule is CC(C)CN1C2CCC1CC1(C=C(C(C)C)C1)C2. The molecule has 0 N–H and O–H groups in total. The van der Waals surface area contributed by atoms with Gasteiger partial charge in [-0.05, 0) is 49.4 Å². The number of piperidine rings is 1. The average Bonchev–Trinajstić information content (AvgIpc) is 2.48. The molecule has 0 radical (unpaired) electrons. The summed E-state index contributed by atoms with van der Waals surface area (Å²) in [5.41, 5.74) is 2.35. The van der Waals surface area contributed by atoms with Crippen molar-refractivity contribution in [2.45, 2.75) is 71.9 Å². The molecule has 2 unspecified atom stereocenters. The number of fused-ring (bicyclic) bond motifs is 2. The van der Waals surface area contributed by atoms with Gasteiger partial charge in [-0.25, -0.2) is 0 Å². The topological polar surface area (TPSA) is 3.24 Å². The van der Waals surface area contributed by atoms with Gasteiger partial charge in [0.2, 0.25) is 0 Å². The molecule has 0 saturated carbocycles. The van der Waals surface area contributed by atoms with Gasteiger partial charge < -0.3 is 0 Å². The van der Waals surface area contributed by atoms with E-state index in [1.807, 2.05) is 0 Å². The van der Waals surface area contributed by atoms with Crippen molar-refractivity contribution in [1.82, 2.24) is 4.90 Å². The van der Waals surface area contributed by atoms with Crippen molar-refractivity contribution >= 4 is 0 Å². The molecule has 1 aliphatic carbocycles. The van der Waals surface area contributed by atoms with Crippen LogP contribution in [-0.2, 0) is 0 Å². The molecule has 0 aromatic carbocycles. The van der Waals surface area contributed by atoms with E-state index in [-0.39, 0.29) is 0 Å². The lowest BCUT2D eigenvalue weighted by molar-refractivity contribution is 0.0470. The molecule has 2 aliphatic heterocycles. The molecule has 2 bridgehead atoms. The number of rotatable bonds is 3. The molecular weight excluding hydrogens is 218 g/mol. The van der Waals surface area contributed by atoms with E-state index >= 15 is 0 Å². The first-order chi connectivity index (χ1) is 8.49. The predicted octanol–water partition coefficient (Wildman–Crippen LogP) is 4.24. The molecule has 0 aromatic heterocycles. The normalized spacial score (nSPS) is 39.6. The van der Waals surface area contributed by atoms with E-state index in [9.17, 15) is 0 Å². The van der Waals surface area contributed by atoms with Gasteiger partial charge in [0.05, 0.1) is 0 Å². The minimum absolute atomic E-state index is 0.624. The van der Waals surface area contributed by atoms with E-state index in [2.05, 4.69) is 38.7 Å². The minimum Gasteiger partial charge on any atom is -0.297 e. The zero-order chi connectivity index (χ0) is 12.9. The predicted molar refractivity (Wildman–Crippen MR) is 77.6 cm³/mol.